The molecule has 0 heterocycles. The third kappa shape index (κ3) is 4.27. The molecule has 187 valence electrons. The van der Waals surface area contributed by atoms with E-state index < -0.39 is 30.8 Å². The minimum atomic E-state index is -1.61. The predicted molar refractivity (Wildman–Crippen MR) is 163 cm³/mol. The quantitative estimate of drug-likeness (QED) is 0.272. The van der Waals surface area contributed by atoms with Gasteiger partial charge in [0.2, 0.25) is 0 Å². The van der Waals surface area contributed by atoms with E-state index in [-0.39, 0.29) is 5.04 Å². The molecule has 3 aromatic rings. The van der Waals surface area contributed by atoms with Gasteiger partial charge in [-0.25, -0.2) is 0 Å². The number of benzene rings is 3. The average molecular weight is 587 g/mol. The molecule has 2 heteroatoms. The molecular weight excluding hydrogens is 552 g/mol. The van der Waals surface area contributed by atoms with Gasteiger partial charge in [-0.3, -0.25) is 0 Å². The van der Waals surface area contributed by atoms with E-state index >= 15 is 0 Å². The molecule has 1 atom stereocenters. The minimum absolute atomic E-state index is 0.0884. The van der Waals surface area contributed by atoms with Crippen LogP contribution in [0.5, 0.6) is 0 Å². The van der Waals surface area contributed by atoms with Gasteiger partial charge in [-0.05, 0) is 0 Å². The first-order valence-electron chi connectivity index (χ1n) is 13.7. The van der Waals surface area contributed by atoms with Crippen LogP contribution in [0.3, 0.4) is 0 Å². The summed E-state index contributed by atoms with van der Waals surface area (Å²) in [5.41, 5.74) is 10.3. The fourth-order valence-electron chi connectivity index (χ4n) is 6.06. The van der Waals surface area contributed by atoms with Crippen molar-refractivity contribution in [1.29, 1.82) is 0 Å². The van der Waals surface area contributed by atoms with Crippen LogP contribution in [-0.4, -0.2) is 11.3 Å². The van der Waals surface area contributed by atoms with Gasteiger partial charge >= 0.3 is 241 Å². The van der Waals surface area contributed by atoms with Crippen LogP contribution in [0.1, 0.15) is 30.0 Å². The van der Waals surface area contributed by atoms with Crippen LogP contribution in [-0.2, 0) is 22.8 Å². The molecule has 0 saturated heterocycles. The number of hydrogen-bond acceptors (Lipinski definition) is 0. The Morgan fingerprint density at radius 2 is 1.50 bits per heavy atom. The second kappa shape index (κ2) is 9.82. The number of fused-ring (bicyclic) bond motifs is 2. The van der Waals surface area contributed by atoms with E-state index in [4.69, 9.17) is 0 Å². The molecule has 1 unspecified atom stereocenters. The number of allylic oxidation sites excluding steroid dienone is 8. The molecule has 3 aliphatic carbocycles. The van der Waals surface area contributed by atoms with Gasteiger partial charge in [0.05, 0.1) is 0 Å². The molecule has 0 radical (unpaired) electrons. The summed E-state index contributed by atoms with van der Waals surface area (Å²) in [6.45, 7) is 12.4. The summed E-state index contributed by atoms with van der Waals surface area (Å²) in [6, 6.07) is 29.4. The third-order valence-corrected chi connectivity index (χ3v) is 16.1. The summed E-state index contributed by atoms with van der Waals surface area (Å²) in [7, 11) is -1.61. The summed E-state index contributed by atoms with van der Waals surface area (Å²) in [5.74, 6) is 0. The first-order valence-corrected chi connectivity index (χ1v) is 19.6. The molecule has 0 amide bonds. The van der Waals surface area contributed by atoms with Crippen molar-refractivity contribution < 1.29 is 22.8 Å². The van der Waals surface area contributed by atoms with E-state index in [0.717, 1.165) is 6.42 Å². The summed E-state index contributed by atoms with van der Waals surface area (Å²) in [4.78, 5) is 0. The Balaban J connectivity index is 1.75. The molecule has 0 aliphatic heterocycles. The van der Waals surface area contributed by atoms with E-state index in [0.29, 0.717) is 0 Å². The van der Waals surface area contributed by atoms with Gasteiger partial charge in [0.15, 0.2) is 0 Å². The van der Waals surface area contributed by atoms with Gasteiger partial charge in [-0.2, -0.15) is 0 Å². The fourth-order valence-corrected chi connectivity index (χ4v) is 11.6. The van der Waals surface area contributed by atoms with Gasteiger partial charge in [0.1, 0.15) is 0 Å². The predicted octanol–water partition coefficient (Wildman–Crippen LogP) is 7.47. The van der Waals surface area contributed by atoms with Crippen molar-refractivity contribution in [1.82, 2.24) is 0 Å². The van der Waals surface area contributed by atoms with Gasteiger partial charge in [0, 0.05) is 0 Å². The van der Waals surface area contributed by atoms with Gasteiger partial charge in [-0.1, -0.05) is 0 Å². The Bertz CT molecular complexity index is 1670. The fraction of sp³-hybridized carbons (Fsp3) is 0.194. The monoisotopic (exact) mass is 585 g/mol. The number of hydrogen-bond donors (Lipinski definition) is 0. The Morgan fingerprint density at radius 3 is 2.08 bits per heavy atom. The molecular formula is C36H35SiZr. The summed E-state index contributed by atoms with van der Waals surface area (Å²) < 4.78 is 3.22. The first-order chi connectivity index (χ1) is 18.3. The third-order valence-electron chi connectivity index (χ3n) is 8.63. The molecule has 0 fully saturated rings. The van der Waals surface area contributed by atoms with E-state index in [1.807, 2.05) is 0 Å². The summed E-state index contributed by atoms with van der Waals surface area (Å²) >= 11 is -1.24. The van der Waals surface area contributed by atoms with Crippen molar-refractivity contribution in [2.24, 2.45) is 0 Å². The summed E-state index contributed by atoms with van der Waals surface area (Å²) in [5, 5.41) is 3.00. The van der Waals surface area contributed by atoms with Crippen molar-refractivity contribution in [3.63, 3.8) is 0 Å². The molecule has 0 nitrogen and oxygen atoms in total. The van der Waals surface area contributed by atoms with Gasteiger partial charge in [0.25, 0.3) is 0 Å². The molecule has 0 N–H and O–H groups in total. The molecule has 0 spiro atoms. The topological polar surface area (TPSA) is 0 Å². The van der Waals surface area contributed by atoms with Crippen molar-refractivity contribution >= 4 is 20.1 Å². The number of rotatable bonds is 5. The Hall–Kier alpha value is -2.67. The van der Waals surface area contributed by atoms with Crippen LogP contribution in [0.15, 0.2) is 126 Å². The second-order valence-electron chi connectivity index (χ2n) is 11.9. The Kier molecular flexibility index (Phi) is 6.61. The molecule has 0 bridgehead atoms. The van der Waals surface area contributed by atoms with Crippen LogP contribution < -0.4 is 10.4 Å². The molecule has 6 rings (SSSR count). The zero-order valence-electron chi connectivity index (χ0n) is 23.1. The van der Waals surface area contributed by atoms with Gasteiger partial charge < -0.3 is 0 Å². The van der Waals surface area contributed by atoms with Crippen LogP contribution in [0, 0.1) is 6.92 Å². The standard InChI is InChI=1S/C23H25Si.C13H10.Zr/c1-16-10-11-19-18(14-16)15-21-20(19)12-13-23(2,24(3,4)5)22(21)17-8-6-7-9-17;1-3-7-12(8-4-1)11-13-9-5-2-6-10-13;/h6-8,10-14H,9H2,1-5H3;1-10H;. The number of aryl methyl sites for hydroxylation is 1. The molecule has 38 heavy (non-hydrogen) atoms. The van der Waals surface area contributed by atoms with Crippen LogP contribution in [0.25, 0.3) is 8.85 Å². The first kappa shape index (κ1) is 25.6. The zero-order valence-corrected chi connectivity index (χ0v) is 26.6. The maximum atomic E-state index is 2.57. The molecule has 0 aromatic heterocycles. The van der Waals surface area contributed by atoms with Gasteiger partial charge in [-0.15, -0.1) is 0 Å². The Labute approximate surface area is 239 Å². The van der Waals surface area contributed by atoms with Crippen LogP contribution >= 0.6 is 0 Å². The molecule has 3 aliphatic rings. The SMILES string of the molecule is Cc1ccc2c(c1)=[C]([Zr]=[C](c1ccccc1)c1ccccc1)C1=C(C3=CC=CC3)C(C)([Si](C)(C)C)C=CC=21. The van der Waals surface area contributed by atoms with Crippen LogP contribution in [0.2, 0.25) is 24.7 Å². The Morgan fingerprint density at radius 1 is 0.842 bits per heavy atom. The average Bonchev–Trinajstić information content (AvgIpc) is 3.54. The van der Waals surface area contributed by atoms with E-state index in [1.54, 1.807) is 17.6 Å². The maximum absolute atomic E-state index is 2.57. The van der Waals surface area contributed by atoms with E-state index in [1.165, 1.54) is 38.3 Å². The second-order valence-corrected chi connectivity index (χ2v) is 20.5. The van der Waals surface area contributed by atoms with Crippen molar-refractivity contribution in [3.05, 3.63) is 153 Å². The normalized spacial score (nSPS) is 19.9. The van der Waals surface area contributed by atoms with E-state index in [9.17, 15) is 0 Å². The zero-order chi connectivity index (χ0) is 26.5. The van der Waals surface area contributed by atoms with Crippen molar-refractivity contribution in [2.45, 2.75) is 44.9 Å². The van der Waals surface area contributed by atoms with Crippen molar-refractivity contribution in [2.75, 3.05) is 0 Å². The van der Waals surface area contributed by atoms with E-state index in [2.05, 4.69) is 143 Å². The molecule has 3 aromatic carbocycles. The summed E-state index contributed by atoms with van der Waals surface area (Å²) in [6.07, 6.45) is 13.1. The van der Waals surface area contributed by atoms with Crippen LogP contribution in [0.4, 0.5) is 0 Å². The van der Waals surface area contributed by atoms with Crippen molar-refractivity contribution in [3.8, 4) is 0 Å². The molecule has 0 saturated carbocycles.